The maximum absolute atomic E-state index is 11.6. The first kappa shape index (κ1) is 12.5. The van der Waals surface area contributed by atoms with Crippen LogP contribution in [0.1, 0.15) is 19.3 Å². The summed E-state index contributed by atoms with van der Waals surface area (Å²) < 4.78 is 5.29. The fourth-order valence-corrected chi connectivity index (χ4v) is 1.84. The molecule has 88 valence electrons. The van der Waals surface area contributed by atoms with E-state index in [9.17, 15) is 4.79 Å². The summed E-state index contributed by atoms with van der Waals surface area (Å²) in [5.41, 5.74) is 0. The Hall–Kier alpha value is -0.610. The van der Waals surface area contributed by atoms with E-state index in [1.165, 1.54) is 0 Å². The molecule has 0 aliphatic carbocycles. The van der Waals surface area contributed by atoms with Crippen molar-refractivity contribution >= 4 is 5.91 Å². The second-order valence-electron chi connectivity index (χ2n) is 4.18. The smallest absolute Gasteiger partial charge is 0.223 e. The van der Waals surface area contributed by atoms with E-state index >= 15 is 0 Å². The molecule has 0 unspecified atom stereocenters. The van der Waals surface area contributed by atoms with Crippen LogP contribution in [0.4, 0.5) is 0 Å². The van der Waals surface area contributed by atoms with Crippen LogP contribution in [0.25, 0.3) is 0 Å². The Morgan fingerprint density at radius 3 is 2.73 bits per heavy atom. The van der Waals surface area contributed by atoms with E-state index in [1.807, 2.05) is 19.0 Å². The van der Waals surface area contributed by atoms with Crippen molar-refractivity contribution in [2.24, 2.45) is 5.92 Å². The van der Waals surface area contributed by atoms with Crippen molar-refractivity contribution < 1.29 is 9.53 Å². The standard InChI is InChI=1S/C11H22N2O2/c1-12-6-3-11(14)13(2)9-10-4-7-15-8-5-10/h10,12H,3-9H2,1-2H3. The summed E-state index contributed by atoms with van der Waals surface area (Å²) in [6.07, 6.45) is 2.77. The van der Waals surface area contributed by atoms with E-state index in [0.717, 1.165) is 39.1 Å². The Balaban J connectivity index is 2.20. The highest BCUT2D eigenvalue weighted by atomic mass is 16.5. The zero-order valence-corrected chi connectivity index (χ0v) is 9.79. The first-order valence-electron chi connectivity index (χ1n) is 5.70. The minimum Gasteiger partial charge on any atom is -0.381 e. The number of nitrogens with zero attached hydrogens (tertiary/aromatic N) is 1. The van der Waals surface area contributed by atoms with Crippen molar-refractivity contribution in [2.45, 2.75) is 19.3 Å². The first-order chi connectivity index (χ1) is 7.24. The molecular weight excluding hydrogens is 192 g/mol. The number of ether oxygens (including phenoxy) is 1. The molecule has 0 aromatic carbocycles. The van der Waals surface area contributed by atoms with Gasteiger partial charge in [-0.2, -0.15) is 0 Å². The number of carbonyl (C=O) groups is 1. The lowest BCUT2D eigenvalue weighted by molar-refractivity contribution is -0.130. The molecule has 1 aliphatic rings. The van der Waals surface area contributed by atoms with E-state index in [1.54, 1.807) is 0 Å². The Kier molecular flexibility index (Phi) is 5.65. The molecule has 1 N–H and O–H groups in total. The van der Waals surface area contributed by atoms with E-state index in [0.29, 0.717) is 12.3 Å². The Bertz CT molecular complexity index is 191. The fourth-order valence-electron chi connectivity index (χ4n) is 1.84. The maximum Gasteiger partial charge on any atom is 0.223 e. The van der Waals surface area contributed by atoms with E-state index in [4.69, 9.17) is 4.74 Å². The molecule has 0 radical (unpaired) electrons. The Labute approximate surface area is 92.0 Å². The van der Waals surface area contributed by atoms with Crippen LogP contribution >= 0.6 is 0 Å². The minimum absolute atomic E-state index is 0.232. The summed E-state index contributed by atoms with van der Waals surface area (Å²) in [7, 11) is 3.76. The molecule has 4 nitrogen and oxygen atoms in total. The van der Waals surface area contributed by atoms with Gasteiger partial charge in [-0.3, -0.25) is 4.79 Å². The molecule has 0 saturated carbocycles. The number of hydrogen-bond donors (Lipinski definition) is 1. The van der Waals surface area contributed by atoms with E-state index in [-0.39, 0.29) is 5.91 Å². The lowest BCUT2D eigenvalue weighted by atomic mass is 10.00. The quantitative estimate of drug-likeness (QED) is 0.724. The topological polar surface area (TPSA) is 41.6 Å². The maximum atomic E-state index is 11.6. The number of hydrogen-bond acceptors (Lipinski definition) is 3. The molecule has 0 aromatic heterocycles. The lowest BCUT2D eigenvalue weighted by Gasteiger charge is -2.27. The third kappa shape index (κ3) is 4.62. The predicted molar refractivity (Wildman–Crippen MR) is 59.7 cm³/mol. The molecular formula is C11H22N2O2. The summed E-state index contributed by atoms with van der Waals surface area (Å²) in [4.78, 5) is 13.5. The van der Waals surface area contributed by atoms with Gasteiger partial charge in [-0.1, -0.05) is 0 Å². The molecule has 0 spiro atoms. The zero-order valence-electron chi connectivity index (χ0n) is 9.79. The summed E-state index contributed by atoms with van der Waals surface area (Å²) >= 11 is 0. The fraction of sp³-hybridized carbons (Fsp3) is 0.909. The van der Waals surface area contributed by atoms with Crippen LogP contribution < -0.4 is 5.32 Å². The molecule has 1 saturated heterocycles. The van der Waals surface area contributed by atoms with Gasteiger partial charge in [0.1, 0.15) is 0 Å². The van der Waals surface area contributed by atoms with Gasteiger partial charge >= 0.3 is 0 Å². The third-order valence-corrected chi connectivity index (χ3v) is 2.89. The molecule has 4 heteroatoms. The van der Waals surface area contributed by atoms with Crippen LogP contribution in [-0.2, 0) is 9.53 Å². The van der Waals surface area contributed by atoms with Crippen molar-refractivity contribution in [2.75, 3.05) is 40.4 Å². The van der Waals surface area contributed by atoms with Crippen LogP contribution in [0.3, 0.4) is 0 Å². The minimum atomic E-state index is 0.232. The SMILES string of the molecule is CNCCC(=O)N(C)CC1CCOCC1. The van der Waals surface area contributed by atoms with Gasteiger partial charge in [0.05, 0.1) is 0 Å². The average molecular weight is 214 g/mol. The van der Waals surface area contributed by atoms with Crippen LogP contribution in [0.15, 0.2) is 0 Å². The highest BCUT2D eigenvalue weighted by Crippen LogP contribution is 2.15. The van der Waals surface area contributed by atoms with Crippen molar-refractivity contribution in [3.05, 3.63) is 0 Å². The van der Waals surface area contributed by atoms with Gasteiger partial charge in [0.15, 0.2) is 0 Å². The van der Waals surface area contributed by atoms with Crippen molar-refractivity contribution in [3.63, 3.8) is 0 Å². The first-order valence-corrected chi connectivity index (χ1v) is 5.70. The van der Waals surface area contributed by atoms with Crippen LogP contribution in [-0.4, -0.2) is 51.2 Å². The third-order valence-electron chi connectivity index (χ3n) is 2.89. The van der Waals surface area contributed by atoms with Crippen molar-refractivity contribution in [1.29, 1.82) is 0 Å². The van der Waals surface area contributed by atoms with Gasteiger partial charge < -0.3 is 15.0 Å². The van der Waals surface area contributed by atoms with Gasteiger partial charge in [0.25, 0.3) is 0 Å². The lowest BCUT2D eigenvalue weighted by Crippen LogP contribution is -2.35. The van der Waals surface area contributed by atoms with Crippen LogP contribution in [0, 0.1) is 5.92 Å². The molecule has 1 aliphatic heterocycles. The molecule has 1 fully saturated rings. The Morgan fingerprint density at radius 2 is 2.13 bits per heavy atom. The molecule has 1 rings (SSSR count). The number of amides is 1. The highest BCUT2D eigenvalue weighted by Gasteiger charge is 2.17. The highest BCUT2D eigenvalue weighted by molar-refractivity contribution is 5.76. The Morgan fingerprint density at radius 1 is 1.47 bits per heavy atom. The van der Waals surface area contributed by atoms with Gasteiger partial charge in [-0.05, 0) is 25.8 Å². The van der Waals surface area contributed by atoms with Crippen molar-refractivity contribution in [3.8, 4) is 0 Å². The average Bonchev–Trinajstić information content (AvgIpc) is 2.27. The zero-order chi connectivity index (χ0) is 11.1. The molecule has 15 heavy (non-hydrogen) atoms. The summed E-state index contributed by atoms with van der Waals surface area (Å²) in [5, 5.41) is 2.99. The van der Waals surface area contributed by atoms with E-state index in [2.05, 4.69) is 5.32 Å². The predicted octanol–water partition coefficient (Wildman–Crippen LogP) is 0.481. The van der Waals surface area contributed by atoms with Crippen molar-refractivity contribution in [1.82, 2.24) is 10.2 Å². The molecule has 1 heterocycles. The van der Waals surface area contributed by atoms with Gasteiger partial charge in [-0.15, -0.1) is 0 Å². The largest absolute Gasteiger partial charge is 0.381 e. The summed E-state index contributed by atoms with van der Waals surface area (Å²) in [5.74, 6) is 0.859. The molecule has 0 atom stereocenters. The molecule has 0 bridgehead atoms. The normalized spacial score (nSPS) is 17.7. The number of nitrogens with one attached hydrogen (secondary N) is 1. The van der Waals surface area contributed by atoms with Gasteiger partial charge in [0, 0.05) is 39.8 Å². The second kappa shape index (κ2) is 6.80. The molecule has 1 amide bonds. The van der Waals surface area contributed by atoms with Crippen LogP contribution in [0.5, 0.6) is 0 Å². The monoisotopic (exact) mass is 214 g/mol. The van der Waals surface area contributed by atoms with Gasteiger partial charge in [-0.25, -0.2) is 0 Å². The number of carbonyl (C=O) groups excluding carboxylic acids is 1. The number of rotatable bonds is 5. The van der Waals surface area contributed by atoms with Crippen LogP contribution in [0.2, 0.25) is 0 Å². The summed E-state index contributed by atoms with van der Waals surface area (Å²) in [6.45, 7) is 3.34. The second-order valence-corrected chi connectivity index (χ2v) is 4.18. The molecule has 0 aromatic rings. The van der Waals surface area contributed by atoms with E-state index < -0.39 is 0 Å². The van der Waals surface area contributed by atoms with Gasteiger partial charge in [0.2, 0.25) is 5.91 Å². The summed E-state index contributed by atoms with van der Waals surface area (Å²) in [6, 6.07) is 0.